The van der Waals surface area contributed by atoms with E-state index in [0.29, 0.717) is 0 Å². The van der Waals surface area contributed by atoms with E-state index < -0.39 is 23.5 Å². The van der Waals surface area contributed by atoms with Crippen LogP contribution >= 0.6 is 0 Å². The number of piperidine rings is 3. The first-order valence-electron chi connectivity index (χ1n) is 13.3. The minimum atomic E-state index is -4.90. The summed E-state index contributed by atoms with van der Waals surface area (Å²) < 4.78 is 92.2. The molecule has 9 heteroatoms. The predicted molar refractivity (Wildman–Crippen MR) is 140 cm³/mol. The van der Waals surface area contributed by atoms with E-state index in [4.69, 9.17) is 9.47 Å². The minimum Gasteiger partial charge on any atom is -0.497 e. The van der Waals surface area contributed by atoms with Gasteiger partial charge in [0.15, 0.2) is 0 Å². The van der Waals surface area contributed by atoms with Crippen LogP contribution in [0.4, 0.5) is 26.3 Å². The van der Waals surface area contributed by atoms with E-state index in [1.54, 1.807) is 7.11 Å². The SMILES string of the molecule is COc1cccc(-c2ccccc2C(C)C2C(OCc3cc(C(F)(F)F)cc(C(F)(F)F)c3)C3CCN2CC3)c1. The molecule has 3 saturated heterocycles. The summed E-state index contributed by atoms with van der Waals surface area (Å²) in [4.78, 5) is 2.35. The lowest BCUT2D eigenvalue weighted by atomic mass is 9.73. The minimum absolute atomic E-state index is 0.0113. The van der Waals surface area contributed by atoms with Crippen molar-refractivity contribution >= 4 is 0 Å². The molecule has 3 nitrogen and oxygen atoms in total. The van der Waals surface area contributed by atoms with Crippen LogP contribution < -0.4 is 4.74 Å². The van der Waals surface area contributed by atoms with Gasteiger partial charge in [0, 0.05) is 6.04 Å². The van der Waals surface area contributed by atoms with Gasteiger partial charge in [0.05, 0.1) is 30.9 Å². The number of nitrogens with zero attached hydrogens (tertiary/aromatic N) is 1. The summed E-state index contributed by atoms with van der Waals surface area (Å²) in [6.45, 7) is 3.54. The third kappa shape index (κ3) is 5.86. The first-order chi connectivity index (χ1) is 19.0. The van der Waals surface area contributed by atoms with Gasteiger partial charge in [0.1, 0.15) is 5.75 Å². The molecule has 214 valence electrons. The maximum absolute atomic E-state index is 13.4. The summed E-state index contributed by atoms with van der Waals surface area (Å²) in [5, 5.41) is 0. The van der Waals surface area contributed by atoms with E-state index in [-0.39, 0.29) is 42.2 Å². The van der Waals surface area contributed by atoms with Crippen LogP contribution in [0.2, 0.25) is 0 Å². The van der Waals surface area contributed by atoms with Crippen molar-refractivity contribution in [2.75, 3.05) is 20.2 Å². The van der Waals surface area contributed by atoms with Gasteiger partial charge >= 0.3 is 12.4 Å². The zero-order valence-corrected chi connectivity index (χ0v) is 22.2. The van der Waals surface area contributed by atoms with E-state index in [0.717, 1.165) is 60.5 Å². The molecule has 3 aromatic rings. The molecular weight excluding hydrogens is 532 g/mol. The Morgan fingerprint density at radius 3 is 2.12 bits per heavy atom. The number of halogens is 6. The van der Waals surface area contributed by atoms with E-state index in [9.17, 15) is 26.3 Å². The number of benzene rings is 3. The van der Waals surface area contributed by atoms with Gasteiger partial charge in [-0.3, -0.25) is 4.90 Å². The van der Waals surface area contributed by atoms with Gasteiger partial charge < -0.3 is 9.47 Å². The Balaban J connectivity index is 1.45. The van der Waals surface area contributed by atoms with Crippen LogP contribution in [0.15, 0.2) is 66.7 Å². The first kappa shape index (κ1) is 28.5. The molecule has 0 amide bonds. The fourth-order valence-electron chi connectivity index (χ4n) is 6.29. The molecule has 3 unspecified atom stereocenters. The van der Waals surface area contributed by atoms with Gasteiger partial charge in [-0.2, -0.15) is 26.3 Å². The quantitative estimate of drug-likeness (QED) is 0.271. The van der Waals surface area contributed by atoms with Crippen molar-refractivity contribution in [3.05, 3.63) is 89.0 Å². The molecular formula is C31H31F6NO2. The molecule has 3 heterocycles. The number of hydrogen-bond acceptors (Lipinski definition) is 3. The highest BCUT2D eigenvalue weighted by atomic mass is 19.4. The molecule has 0 aromatic heterocycles. The third-order valence-corrected chi connectivity index (χ3v) is 8.23. The van der Waals surface area contributed by atoms with Gasteiger partial charge in [-0.1, -0.05) is 43.3 Å². The maximum Gasteiger partial charge on any atom is 0.416 e. The van der Waals surface area contributed by atoms with E-state index in [1.807, 2.05) is 42.5 Å². The average molecular weight is 564 g/mol. The second-order valence-electron chi connectivity index (χ2n) is 10.7. The predicted octanol–water partition coefficient (Wildman–Crippen LogP) is 8.18. The number of alkyl halides is 6. The van der Waals surface area contributed by atoms with Crippen LogP contribution in [-0.4, -0.2) is 37.2 Å². The van der Waals surface area contributed by atoms with Crippen molar-refractivity contribution in [2.45, 2.75) is 56.8 Å². The van der Waals surface area contributed by atoms with Crippen molar-refractivity contribution in [1.29, 1.82) is 0 Å². The summed E-state index contributed by atoms with van der Waals surface area (Å²) >= 11 is 0. The number of methoxy groups -OCH3 is 1. The molecule has 3 atom stereocenters. The molecule has 3 aliphatic heterocycles. The van der Waals surface area contributed by atoms with Gasteiger partial charge in [-0.15, -0.1) is 0 Å². The van der Waals surface area contributed by atoms with Crippen molar-refractivity contribution in [3.63, 3.8) is 0 Å². The smallest absolute Gasteiger partial charge is 0.416 e. The van der Waals surface area contributed by atoms with Crippen LogP contribution in [0.3, 0.4) is 0 Å². The van der Waals surface area contributed by atoms with Crippen LogP contribution in [0.25, 0.3) is 11.1 Å². The summed E-state index contributed by atoms with van der Waals surface area (Å²) in [6.07, 6.45) is -8.37. The molecule has 40 heavy (non-hydrogen) atoms. The number of rotatable bonds is 7. The normalized spacial score (nSPS) is 23.7. The van der Waals surface area contributed by atoms with E-state index in [2.05, 4.69) is 17.9 Å². The van der Waals surface area contributed by atoms with Crippen LogP contribution in [0.1, 0.15) is 47.9 Å². The molecule has 3 fully saturated rings. The fourth-order valence-corrected chi connectivity index (χ4v) is 6.29. The highest BCUT2D eigenvalue weighted by Crippen LogP contribution is 2.43. The second kappa shape index (κ2) is 11.1. The molecule has 0 radical (unpaired) electrons. The fraction of sp³-hybridized carbons (Fsp3) is 0.419. The van der Waals surface area contributed by atoms with Crippen molar-refractivity contribution in [2.24, 2.45) is 5.92 Å². The number of ether oxygens (including phenoxy) is 2. The first-order valence-corrected chi connectivity index (χ1v) is 13.3. The third-order valence-electron chi connectivity index (χ3n) is 8.23. The highest BCUT2D eigenvalue weighted by Gasteiger charge is 2.46. The van der Waals surface area contributed by atoms with Gasteiger partial charge in [-0.25, -0.2) is 0 Å². The lowest BCUT2D eigenvalue weighted by Gasteiger charge is -2.53. The Kier molecular flexibility index (Phi) is 7.90. The van der Waals surface area contributed by atoms with E-state index in [1.165, 1.54) is 0 Å². The van der Waals surface area contributed by atoms with Crippen molar-refractivity contribution in [1.82, 2.24) is 4.90 Å². The maximum atomic E-state index is 13.4. The summed E-state index contributed by atoms with van der Waals surface area (Å²) in [5.41, 5.74) is 0.350. The lowest BCUT2D eigenvalue weighted by Crippen LogP contribution is -2.60. The highest BCUT2D eigenvalue weighted by molar-refractivity contribution is 5.69. The standard InChI is InChI=1S/C31H31F6NO2/c1-19(26-8-3-4-9-27(26)22-6-5-7-25(16-22)39-2)28-29(21-10-12-38(28)13-11-21)40-18-20-14-23(30(32,33)34)17-24(15-20)31(35,36)37/h3-9,14-17,19,21,28-29H,10-13,18H2,1-2H3. The Morgan fingerprint density at radius 1 is 0.850 bits per heavy atom. The van der Waals surface area contributed by atoms with E-state index >= 15 is 0 Å². The van der Waals surface area contributed by atoms with Gasteiger partial charge in [-0.05, 0) is 90.4 Å². The Labute approximate surface area is 229 Å². The molecule has 0 aliphatic carbocycles. The van der Waals surface area contributed by atoms with Crippen molar-refractivity contribution in [3.8, 4) is 16.9 Å². The monoisotopic (exact) mass is 563 g/mol. The van der Waals surface area contributed by atoms with Crippen LogP contribution in [0, 0.1) is 5.92 Å². The molecule has 3 aromatic carbocycles. The number of hydrogen-bond donors (Lipinski definition) is 0. The second-order valence-corrected chi connectivity index (χ2v) is 10.7. The summed E-state index contributed by atoms with van der Waals surface area (Å²) in [6, 6.07) is 17.4. The van der Waals surface area contributed by atoms with Crippen LogP contribution in [0.5, 0.6) is 5.75 Å². The zero-order valence-electron chi connectivity index (χ0n) is 22.2. The molecule has 0 saturated carbocycles. The Hall–Kier alpha value is -3.04. The largest absolute Gasteiger partial charge is 0.497 e. The van der Waals surface area contributed by atoms with Gasteiger partial charge in [0.25, 0.3) is 0 Å². The molecule has 3 aliphatic rings. The summed E-state index contributed by atoms with van der Waals surface area (Å²) in [7, 11) is 1.61. The Bertz CT molecular complexity index is 1300. The molecule has 0 N–H and O–H groups in total. The average Bonchev–Trinajstić information content (AvgIpc) is 2.95. The van der Waals surface area contributed by atoms with Gasteiger partial charge in [0.2, 0.25) is 0 Å². The summed E-state index contributed by atoms with van der Waals surface area (Å²) in [5.74, 6) is 0.901. The number of fused-ring (bicyclic) bond motifs is 3. The van der Waals surface area contributed by atoms with Crippen molar-refractivity contribution < 1.29 is 35.8 Å². The molecule has 6 rings (SSSR count). The molecule has 2 bridgehead atoms. The van der Waals surface area contributed by atoms with Crippen LogP contribution in [-0.2, 0) is 23.7 Å². The lowest BCUT2D eigenvalue weighted by molar-refractivity contribution is -0.143. The molecule has 0 spiro atoms. The topological polar surface area (TPSA) is 21.7 Å². The zero-order chi connectivity index (χ0) is 28.7. The Morgan fingerprint density at radius 2 is 1.50 bits per heavy atom.